The minimum Gasteiger partial charge on any atom is -0.468 e. The molecule has 3 amide bonds. The summed E-state index contributed by atoms with van der Waals surface area (Å²) in [6, 6.07) is 5.20. The van der Waals surface area contributed by atoms with Gasteiger partial charge in [-0.1, -0.05) is 43.2 Å². The van der Waals surface area contributed by atoms with Gasteiger partial charge < -0.3 is 25.0 Å². The van der Waals surface area contributed by atoms with Crippen molar-refractivity contribution >= 4 is 36.5 Å². The van der Waals surface area contributed by atoms with Gasteiger partial charge >= 0.3 is 12.1 Å². The van der Waals surface area contributed by atoms with Gasteiger partial charge in [0, 0.05) is 12.3 Å². The molecule has 2 N–H and O–H groups in total. The van der Waals surface area contributed by atoms with Crippen molar-refractivity contribution in [2.45, 2.75) is 65.1 Å². The number of ether oxygens (including phenoxy) is 2. The number of alkyl carbamates (subject to hydrolysis) is 1. The number of esters is 1. The monoisotopic (exact) mass is 495 g/mol. The van der Waals surface area contributed by atoms with E-state index in [1.165, 1.54) is 12.0 Å². The quantitative estimate of drug-likeness (QED) is 0.321. The predicted octanol–water partition coefficient (Wildman–Crippen LogP) is 2.78. The molecule has 1 aromatic rings. The molecule has 2 atom stereocenters. The number of nitrogens with zero attached hydrogens (tertiary/aromatic N) is 1. The fraction of sp³-hybridized carbons (Fsp3) is 0.583. The van der Waals surface area contributed by atoms with E-state index in [2.05, 4.69) is 28.0 Å². The van der Waals surface area contributed by atoms with E-state index in [-0.39, 0.29) is 18.8 Å². The van der Waals surface area contributed by atoms with Crippen molar-refractivity contribution in [2.24, 2.45) is 0 Å². The zero-order valence-electron chi connectivity index (χ0n) is 20.8. The fourth-order valence-electron chi connectivity index (χ4n) is 3.17. The minimum absolute atomic E-state index is 0.00498. The highest BCUT2D eigenvalue weighted by molar-refractivity contribution is 7.80. The lowest BCUT2D eigenvalue weighted by molar-refractivity contribution is -0.144. The van der Waals surface area contributed by atoms with Crippen LogP contribution >= 0.6 is 12.6 Å². The lowest BCUT2D eigenvalue weighted by atomic mass is 10.0. The van der Waals surface area contributed by atoms with E-state index >= 15 is 0 Å². The summed E-state index contributed by atoms with van der Waals surface area (Å²) >= 11 is 4.25. The third-order valence-corrected chi connectivity index (χ3v) is 5.12. The number of hydrogen-bond donors (Lipinski definition) is 3. The van der Waals surface area contributed by atoms with Gasteiger partial charge in [-0.05, 0) is 39.7 Å². The first-order valence-corrected chi connectivity index (χ1v) is 11.9. The van der Waals surface area contributed by atoms with Crippen molar-refractivity contribution in [3.63, 3.8) is 0 Å². The molecule has 0 aromatic heterocycles. The van der Waals surface area contributed by atoms with Crippen LogP contribution in [0.4, 0.5) is 4.79 Å². The van der Waals surface area contributed by atoms with Gasteiger partial charge in [-0.2, -0.15) is 12.6 Å². The number of thiol groups is 1. The van der Waals surface area contributed by atoms with Crippen molar-refractivity contribution in [2.75, 3.05) is 26.0 Å². The van der Waals surface area contributed by atoms with Crippen molar-refractivity contribution < 1.29 is 28.7 Å². The first kappa shape index (κ1) is 29.3. The molecule has 0 saturated heterocycles. The number of carbonyl (C=O) groups excluding carboxylic acids is 4. The maximum atomic E-state index is 13.6. The second-order valence-corrected chi connectivity index (χ2v) is 9.24. The number of rotatable bonds is 11. The van der Waals surface area contributed by atoms with Crippen LogP contribution in [0.2, 0.25) is 0 Å². The van der Waals surface area contributed by atoms with Crippen LogP contribution in [-0.4, -0.2) is 66.4 Å². The molecule has 190 valence electrons. The van der Waals surface area contributed by atoms with Gasteiger partial charge in [0.25, 0.3) is 0 Å². The first-order chi connectivity index (χ1) is 15.9. The fourth-order valence-corrected chi connectivity index (χ4v) is 3.42. The number of carbonyl (C=O) groups is 4. The van der Waals surface area contributed by atoms with E-state index in [0.717, 1.165) is 12.0 Å². The average molecular weight is 496 g/mol. The molecule has 0 aliphatic rings. The third kappa shape index (κ3) is 9.62. The molecule has 0 aliphatic heterocycles. The molecule has 0 radical (unpaired) electrons. The molecule has 0 spiro atoms. The zero-order chi connectivity index (χ0) is 25.9. The molecular weight excluding hydrogens is 458 g/mol. The van der Waals surface area contributed by atoms with E-state index < -0.39 is 41.6 Å². The SMILES string of the molecule is CCCCN(C(=O)C(CS)NC(=O)OC(C)(C)C)C(C(=O)NCC(=O)OC)c1cccc(C)c1. The molecule has 0 bridgehead atoms. The Morgan fingerprint density at radius 1 is 1.18 bits per heavy atom. The van der Waals surface area contributed by atoms with Gasteiger partial charge in [0.05, 0.1) is 7.11 Å². The summed E-state index contributed by atoms with van der Waals surface area (Å²) in [5, 5.41) is 5.11. The summed E-state index contributed by atoms with van der Waals surface area (Å²) < 4.78 is 9.89. The maximum absolute atomic E-state index is 13.6. The Kier molecular flexibility index (Phi) is 11.9. The molecule has 0 fully saturated rings. The van der Waals surface area contributed by atoms with Crippen LogP contribution in [0.25, 0.3) is 0 Å². The zero-order valence-corrected chi connectivity index (χ0v) is 21.7. The number of hydrogen-bond acceptors (Lipinski definition) is 7. The van der Waals surface area contributed by atoms with Crippen LogP contribution in [0.1, 0.15) is 57.7 Å². The number of methoxy groups -OCH3 is 1. The summed E-state index contributed by atoms with van der Waals surface area (Å²) in [5.74, 6) is -1.61. The van der Waals surface area contributed by atoms with Crippen LogP contribution in [-0.2, 0) is 23.9 Å². The van der Waals surface area contributed by atoms with Gasteiger partial charge in [-0.15, -0.1) is 0 Å². The van der Waals surface area contributed by atoms with Gasteiger partial charge in [-0.3, -0.25) is 14.4 Å². The lowest BCUT2D eigenvalue weighted by Crippen LogP contribution is -2.54. The lowest BCUT2D eigenvalue weighted by Gasteiger charge is -2.34. The molecule has 1 rings (SSSR count). The minimum atomic E-state index is -1.02. The van der Waals surface area contributed by atoms with Crippen molar-refractivity contribution in [3.8, 4) is 0 Å². The summed E-state index contributed by atoms with van der Waals surface area (Å²) in [7, 11) is 1.23. The Hall–Kier alpha value is -2.75. The average Bonchev–Trinajstić information content (AvgIpc) is 2.76. The van der Waals surface area contributed by atoms with Gasteiger partial charge in [-0.25, -0.2) is 4.79 Å². The summed E-state index contributed by atoms with van der Waals surface area (Å²) in [6.45, 7) is 8.94. The normalized spacial score (nSPS) is 12.8. The molecule has 34 heavy (non-hydrogen) atoms. The van der Waals surface area contributed by atoms with E-state index in [9.17, 15) is 19.2 Å². The summed E-state index contributed by atoms with van der Waals surface area (Å²) in [5.41, 5.74) is 0.749. The molecular formula is C24H37N3O6S. The Balaban J connectivity index is 3.34. The number of benzene rings is 1. The predicted molar refractivity (Wildman–Crippen MR) is 133 cm³/mol. The highest BCUT2D eigenvalue weighted by Gasteiger charge is 2.35. The third-order valence-electron chi connectivity index (χ3n) is 4.76. The standard InChI is InChI=1S/C24H37N3O6S/c1-7-8-12-27(22(30)18(15-34)26-23(31)33-24(3,4)5)20(17-11-9-10-16(2)13-17)21(29)25-14-19(28)32-6/h9-11,13,18,20,34H,7-8,12,14-15H2,1-6H3,(H,25,29)(H,26,31). The first-order valence-electron chi connectivity index (χ1n) is 11.2. The molecule has 0 saturated carbocycles. The Morgan fingerprint density at radius 3 is 2.38 bits per heavy atom. The summed E-state index contributed by atoms with van der Waals surface area (Å²) in [6.07, 6.45) is 0.654. The largest absolute Gasteiger partial charge is 0.468 e. The number of aryl methyl sites for hydroxylation is 1. The van der Waals surface area contributed by atoms with Crippen LogP contribution in [0.15, 0.2) is 24.3 Å². The molecule has 2 unspecified atom stereocenters. The number of unbranched alkanes of at least 4 members (excludes halogenated alkanes) is 1. The molecule has 0 heterocycles. The molecule has 0 aliphatic carbocycles. The van der Waals surface area contributed by atoms with Crippen LogP contribution < -0.4 is 10.6 Å². The molecule has 9 nitrogen and oxygen atoms in total. The second kappa shape index (κ2) is 13.8. The van der Waals surface area contributed by atoms with Crippen LogP contribution in [0, 0.1) is 6.92 Å². The Bertz CT molecular complexity index is 855. The van der Waals surface area contributed by atoms with Gasteiger partial charge in [0.2, 0.25) is 11.8 Å². The van der Waals surface area contributed by atoms with Crippen LogP contribution in [0.3, 0.4) is 0 Å². The van der Waals surface area contributed by atoms with Crippen LogP contribution in [0.5, 0.6) is 0 Å². The number of amides is 3. The highest BCUT2D eigenvalue weighted by Crippen LogP contribution is 2.24. The van der Waals surface area contributed by atoms with Gasteiger partial charge in [0.15, 0.2) is 0 Å². The van der Waals surface area contributed by atoms with Crippen molar-refractivity contribution in [1.82, 2.24) is 15.5 Å². The highest BCUT2D eigenvalue weighted by atomic mass is 32.1. The van der Waals surface area contributed by atoms with E-state index in [4.69, 9.17) is 4.74 Å². The second-order valence-electron chi connectivity index (χ2n) is 8.88. The molecule has 10 heteroatoms. The molecule has 1 aromatic carbocycles. The van der Waals surface area contributed by atoms with E-state index in [1.54, 1.807) is 32.9 Å². The summed E-state index contributed by atoms with van der Waals surface area (Å²) in [4.78, 5) is 52.2. The Labute approximate surface area is 207 Å². The topological polar surface area (TPSA) is 114 Å². The number of nitrogens with one attached hydrogen (secondary N) is 2. The van der Waals surface area contributed by atoms with Crippen molar-refractivity contribution in [1.29, 1.82) is 0 Å². The smallest absolute Gasteiger partial charge is 0.408 e. The Morgan fingerprint density at radius 2 is 1.85 bits per heavy atom. The maximum Gasteiger partial charge on any atom is 0.408 e. The van der Waals surface area contributed by atoms with E-state index in [1.807, 2.05) is 26.0 Å². The van der Waals surface area contributed by atoms with E-state index in [0.29, 0.717) is 12.0 Å². The van der Waals surface area contributed by atoms with Crippen molar-refractivity contribution in [3.05, 3.63) is 35.4 Å². The van der Waals surface area contributed by atoms with Gasteiger partial charge in [0.1, 0.15) is 24.2 Å².